The van der Waals surface area contributed by atoms with Crippen molar-refractivity contribution in [1.82, 2.24) is 0 Å². The highest BCUT2D eigenvalue weighted by Crippen LogP contribution is 2.51. The van der Waals surface area contributed by atoms with Crippen LogP contribution in [0.3, 0.4) is 0 Å². The molecule has 3 rings (SSSR count). The van der Waals surface area contributed by atoms with E-state index < -0.39 is 23.1 Å². The maximum absolute atomic E-state index is 13.1. The van der Waals surface area contributed by atoms with E-state index in [0.29, 0.717) is 5.56 Å². The number of methoxy groups -OCH3 is 2. The number of aryl methyl sites for hydroxylation is 1. The molecule has 0 radical (unpaired) electrons. The van der Waals surface area contributed by atoms with Gasteiger partial charge in [0.1, 0.15) is 16.9 Å². The van der Waals surface area contributed by atoms with Gasteiger partial charge in [0, 0.05) is 12.2 Å². The second kappa shape index (κ2) is 5.63. The van der Waals surface area contributed by atoms with Crippen molar-refractivity contribution in [3.63, 3.8) is 0 Å². The molecule has 130 valence electrons. The first-order chi connectivity index (χ1) is 11.8. The molecule has 1 unspecified atom stereocenters. The normalized spacial score (nSPS) is 21.4. The van der Waals surface area contributed by atoms with E-state index in [0.717, 1.165) is 19.3 Å². The number of aromatic hydroxyl groups is 1. The van der Waals surface area contributed by atoms with Gasteiger partial charge in [0.25, 0.3) is 5.60 Å². The van der Waals surface area contributed by atoms with Gasteiger partial charge in [0.15, 0.2) is 17.3 Å². The molecule has 1 aliphatic heterocycles. The van der Waals surface area contributed by atoms with Crippen LogP contribution in [0, 0.1) is 6.92 Å². The zero-order valence-corrected chi connectivity index (χ0v) is 14.3. The Morgan fingerprint density at radius 3 is 2.56 bits per heavy atom. The molecule has 0 amide bonds. The molecule has 7 nitrogen and oxygen atoms in total. The number of fused-ring (bicyclic) bond motifs is 1. The van der Waals surface area contributed by atoms with E-state index in [1.165, 1.54) is 13.2 Å². The number of ether oxygens (including phenoxy) is 3. The number of rotatable bonds is 2. The second-order valence-corrected chi connectivity index (χ2v) is 5.89. The van der Waals surface area contributed by atoms with Gasteiger partial charge < -0.3 is 19.3 Å². The molecule has 0 bridgehead atoms. The van der Waals surface area contributed by atoms with Gasteiger partial charge in [0.05, 0.1) is 19.2 Å². The molecule has 1 spiro atoms. The highest BCUT2D eigenvalue weighted by Gasteiger charge is 2.60. The Morgan fingerprint density at radius 2 is 1.96 bits per heavy atom. The summed E-state index contributed by atoms with van der Waals surface area (Å²) in [5.41, 5.74) is -2.15. The van der Waals surface area contributed by atoms with Crippen LogP contribution < -0.4 is 4.74 Å². The van der Waals surface area contributed by atoms with Crippen molar-refractivity contribution in [2.75, 3.05) is 14.2 Å². The quantitative estimate of drug-likeness (QED) is 0.800. The minimum absolute atomic E-state index is 0.0868. The highest BCUT2D eigenvalue weighted by molar-refractivity contribution is 6.35. The number of ketones is 2. The summed E-state index contributed by atoms with van der Waals surface area (Å²) in [7, 11) is 2.33. The van der Waals surface area contributed by atoms with E-state index >= 15 is 0 Å². The summed E-state index contributed by atoms with van der Waals surface area (Å²) in [6.45, 7) is 1.62. The summed E-state index contributed by atoms with van der Waals surface area (Å²) < 4.78 is 15.6. The van der Waals surface area contributed by atoms with Gasteiger partial charge in [-0.3, -0.25) is 9.59 Å². The molecule has 8 heteroatoms. The van der Waals surface area contributed by atoms with Gasteiger partial charge in [-0.25, -0.2) is 4.79 Å². The average molecular weight is 365 g/mol. The van der Waals surface area contributed by atoms with Crippen molar-refractivity contribution in [2.24, 2.45) is 0 Å². The fraction of sp³-hybridized carbons (Fsp3) is 0.235. The van der Waals surface area contributed by atoms with E-state index in [1.54, 1.807) is 6.92 Å². The summed E-state index contributed by atoms with van der Waals surface area (Å²) in [5.74, 6) is -2.92. The van der Waals surface area contributed by atoms with Crippen molar-refractivity contribution in [3.8, 4) is 11.5 Å². The molecule has 2 aliphatic rings. The van der Waals surface area contributed by atoms with Crippen molar-refractivity contribution in [1.29, 1.82) is 0 Å². The van der Waals surface area contributed by atoms with Crippen LogP contribution in [0.4, 0.5) is 0 Å². The third kappa shape index (κ3) is 2.16. The summed E-state index contributed by atoms with van der Waals surface area (Å²) in [6.07, 6.45) is 1.98. The number of carbonyl (C=O) groups excluding carboxylic acids is 3. The molecule has 1 aliphatic carbocycles. The summed E-state index contributed by atoms with van der Waals surface area (Å²) in [5, 5.41) is 10.3. The molecule has 1 aromatic rings. The number of carbonyl (C=O) groups is 3. The molecule has 0 saturated carbocycles. The van der Waals surface area contributed by atoms with Crippen LogP contribution in [0.5, 0.6) is 11.5 Å². The van der Waals surface area contributed by atoms with Gasteiger partial charge in [-0.05, 0) is 18.6 Å². The lowest BCUT2D eigenvalue weighted by atomic mass is 9.81. The van der Waals surface area contributed by atoms with Crippen molar-refractivity contribution in [3.05, 3.63) is 45.7 Å². The largest absolute Gasteiger partial charge is 0.507 e. The average Bonchev–Trinajstić information content (AvgIpc) is 2.88. The van der Waals surface area contributed by atoms with Crippen molar-refractivity contribution >= 4 is 29.1 Å². The zero-order valence-electron chi connectivity index (χ0n) is 13.5. The zero-order chi connectivity index (χ0) is 18.5. The molecular weight excluding hydrogens is 352 g/mol. The fourth-order valence-electron chi connectivity index (χ4n) is 2.94. The molecule has 0 saturated heterocycles. The van der Waals surface area contributed by atoms with Gasteiger partial charge in [0.2, 0.25) is 5.78 Å². The molecular formula is C17H13ClO7. The number of phenols is 1. The van der Waals surface area contributed by atoms with Crippen LogP contribution in [-0.4, -0.2) is 42.5 Å². The van der Waals surface area contributed by atoms with Gasteiger partial charge in [-0.1, -0.05) is 11.6 Å². The van der Waals surface area contributed by atoms with Gasteiger partial charge in [-0.15, -0.1) is 0 Å². The third-order valence-corrected chi connectivity index (χ3v) is 4.57. The summed E-state index contributed by atoms with van der Waals surface area (Å²) in [4.78, 5) is 37.2. The predicted octanol–water partition coefficient (Wildman–Crippen LogP) is 1.88. The maximum Gasteiger partial charge on any atom is 0.338 e. The van der Waals surface area contributed by atoms with Crippen LogP contribution >= 0.6 is 11.6 Å². The first kappa shape index (κ1) is 17.0. The van der Waals surface area contributed by atoms with Crippen LogP contribution in [0.15, 0.2) is 29.6 Å². The topological polar surface area (TPSA) is 99.1 Å². The lowest BCUT2D eigenvalue weighted by Gasteiger charge is -2.31. The molecule has 1 atom stereocenters. The van der Waals surface area contributed by atoms with Crippen molar-refractivity contribution in [2.45, 2.75) is 12.5 Å². The molecule has 0 aromatic heterocycles. The summed E-state index contributed by atoms with van der Waals surface area (Å²) >= 11 is 6.21. The Labute approximate surface area is 147 Å². The smallest absolute Gasteiger partial charge is 0.338 e. The Balaban J connectivity index is 2.32. The number of Topliss-reactive ketones (excluding diaryl/α,β-unsaturated/α-hetero) is 1. The number of benzene rings is 1. The third-order valence-electron chi connectivity index (χ3n) is 4.10. The van der Waals surface area contributed by atoms with Gasteiger partial charge in [-0.2, -0.15) is 0 Å². The molecule has 1 N–H and O–H groups in total. The standard InChI is InChI=1S/C17H13ClO7/c1-7-4-10(20)12-14(13(7)18)25-17(15(12)21)9(16(22)24-3)5-8(19)6-11(17)23-2/h4-6,20H,1-3H3. The monoisotopic (exact) mass is 364 g/mol. The van der Waals surface area contributed by atoms with Crippen LogP contribution in [0.1, 0.15) is 15.9 Å². The van der Waals surface area contributed by atoms with Gasteiger partial charge >= 0.3 is 5.97 Å². The Hall–Kier alpha value is -2.80. The van der Waals surface area contributed by atoms with E-state index in [2.05, 4.69) is 4.74 Å². The Morgan fingerprint density at radius 1 is 1.28 bits per heavy atom. The highest BCUT2D eigenvalue weighted by atomic mass is 35.5. The number of halogens is 1. The number of allylic oxidation sites excluding steroid dienone is 2. The number of esters is 1. The lowest BCUT2D eigenvalue weighted by molar-refractivity contribution is -0.138. The second-order valence-electron chi connectivity index (χ2n) is 5.51. The maximum atomic E-state index is 13.1. The number of hydrogen-bond acceptors (Lipinski definition) is 7. The van der Waals surface area contributed by atoms with E-state index in [4.69, 9.17) is 21.1 Å². The fourth-order valence-corrected chi connectivity index (χ4v) is 3.13. The predicted molar refractivity (Wildman–Crippen MR) is 85.7 cm³/mol. The van der Waals surface area contributed by atoms with E-state index in [-0.39, 0.29) is 33.4 Å². The SMILES string of the molecule is COC(=O)C1=CC(=O)C=C(OC)C12Oc1c(Cl)c(C)cc(O)c1C2=O. The Kier molecular flexibility index (Phi) is 3.84. The summed E-state index contributed by atoms with van der Waals surface area (Å²) in [6, 6.07) is 1.31. The van der Waals surface area contributed by atoms with E-state index in [9.17, 15) is 19.5 Å². The lowest BCUT2D eigenvalue weighted by Crippen LogP contribution is -2.49. The van der Waals surface area contributed by atoms with Crippen molar-refractivity contribution < 1.29 is 33.7 Å². The van der Waals surface area contributed by atoms with Crippen LogP contribution in [0.25, 0.3) is 0 Å². The molecule has 0 fully saturated rings. The molecule has 1 heterocycles. The minimum atomic E-state index is -2.08. The number of phenolic OH excluding ortho intramolecular Hbond substituents is 1. The van der Waals surface area contributed by atoms with E-state index in [1.807, 2.05) is 0 Å². The Bertz CT molecular complexity index is 897. The van der Waals surface area contributed by atoms with Crippen LogP contribution in [-0.2, 0) is 19.1 Å². The molecule has 1 aromatic carbocycles. The minimum Gasteiger partial charge on any atom is -0.507 e. The molecule has 25 heavy (non-hydrogen) atoms. The number of hydrogen-bond donors (Lipinski definition) is 1. The first-order valence-electron chi connectivity index (χ1n) is 7.14. The van der Waals surface area contributed by atoms with Crippen LogP contribution in [0.2, 0.25) is 5.02 Å². The first-order valence-corrected chi connectivity index (χ1v) is 7.52.